The fourth-order valence-corrected chi connectivity index (χ4v) is 3.50. The van der Waals surface area contributed by atoms with Crippen molar-refractivity contribution in [3.63, 3.8) is 0 Å². The third-order valence-corrected chi connectivity index (χ3v) is 4.74. The topological polar surface area (TPSA) is 89.9 Å². The minimum absolute atomic E-state index is 0.0156. The second kappa shape index (κ2) is 6.36. The second-order valence-corrected chi connectivity index (χ2v) is 6.56. The number of carbonyl (C=O) groups is 1. The summed E-state index contributed by atoms with van der Waals surface area (Å²) in [5, 5.41) is 8.08. The Kier molecular flexibility index (Phi) is 4.02. The van der Waals surface area contributed by atoms with Crippen LogP contribution in [0, 0.1) is 13.8 Å². The number of likely N-dealkylation sites (tertiary alicyclic amines) is 1. The molecule has 134 valence electrons. The van der Waals surface area contributed by atoms with Gasteiger partial charge in [0, 0.05) is 26.0 Å². The van der Waals surface area contributed by atoms with Crippen molar-refractivity contribution in [2.75, 3.05) is 6.54 Å². The standard InChI is InChI=1S/C18H20N6O2/c1-11-16(12(2)26-22-11)17-19-7-6-14(21-17)15-5-4-8-24(15)18(25)13-9-20-23(3)10-13/h6-7,9-10,15H,4-5,8H2,1-3H3/t15-/m1/s1. The van der Waals surface area contributed by atoms with Gasteiger partial charge in [-0.3, -0.25) is 9.48 Å². The van der Waals surface area contributed by atoms with Crippen LogP contribution in [0.3, 0.4) is 0 Å². The molecule has 1 fully saturated rings. The minimum Gasteiger partial charge on any atom is -0.361 e. The summed E-state index contributed by atoms with van der Waals surface area (Å²) < 4.78 is 6.87. The van der Waals surface area contributed by atoms with E-state index in [0.29, 0.717) is 23.7 Å². The van der Waals surface area contributed by atoms with E-state index >= 15 is 0 Å². The molecule has 1 aliphatic heterocycles. The van der Waals surface area contributed by atoms with Crippen molar-refractivity contribution in [1.29, 1.82) is 0 Å². The van der Waals surface area contributed by atoms with Crippen LogP contribution in [0.25, 0.3) is 11.4 Å². The van der Waals surface area contributed by atoms with Crippen molar-refractivity contribution in [3.05, 3.63) is 47.4 Å². The molecular formula is C18H20N6O2. The number of nitrogens with zero attached hydrogens (tertiary/aromatic N) is 6. The van der Waals surface area contributed by atoms with E-state index in [4.69, 9.17) is 9.51 Å². The highest BCUT2D eigenvalue weighted by atomic mass is 16.5. The highest BCUT2D eigenvalue weighted by Gasteiger charge is 2.32. The molecule has 0 aliphatic carbocycles. The first-order valence-electron chi connectivity index (χ1n) is 8.60. The van der Waals surface area contributed by atoms with Gasteiger partial charge in [-0.2, -0.15) is 5.10 Å². The number of amides is 1. The van der Waals surface area contributed by atoms with Gasteiger partial charge < -0.3 is 9.42 Å². The molecule has 0 bridgehead atoms. The largest absolute Gasteiger partial charge is 0.361 e. The zero-order valence-electron chi connectivity index (χ0n) is 15.0. The zero-order chi connectivity index (χ0) is 18.3. The summed E-state index contributed by atoms with van der Waals surface area (Å²) in [6.07, 6.45) is 6.90. The summed E-state index contributed by atoms with van der Waals surface area (Å²) >= 11 is 0. The number of hydrogen-bond donors (Lipinski definition) is 0. The molecule has 3 aromatic rings. The van der Waals surface area contributed by atoms with Gasteiger partial charge in [0.25, 0.3) is 5.91 Å². The summed E-state index contributed by atoms with van der Waals surface area (Å²) in [5.74, 6) is 1.26. The van der Waals surface area contributed by atoms with E-state index in [1.54, 1.807) is 30.3 Å². The third-order valence-electron chi connectivity index (χ3n) is 4.74. The van der Waals surface area contributed by atoms with Gasteiger partial charge in [0.2, 0.25) is 0 Å². The van der Waals surface area contributed by atoms with Crippen molar-refractivity contribution >= 4 is 5.91 Å². The molecule has 26 heavy (non-hydrogen) atoms. The lowest BCUT2D eigenvalue weighted by molar-refractivity contribution is 0.0733. The molecule has 3 aromatic heterocycles. The van der Waals surface area contributed by atoms with Gasteiger partial charge in [-0.15, -0.1) is 0 Å². The Hall–Kier alpha value is -3.03. The average Bonchev–Trinajstić information content (AvgIpc) is 3.35. The fraction of sp³-hybridized carbons (Fsp3) is 0.389. The molecule has 1 amide bonds. The molecule has 1 atom stereocenters. The molecule has 4 heterocycles. The van der Waals surface area contributed by atoms with Gasteiger partial charge in [-0.05, 0) is 32.8 Å². The molecule has 4 rings (SSSR count). The van der Waals surface area contributed by atoms with E-state index < -0.39 is 0 Å². The molecule has 0 unspecified atom stereocenters. The first-order chi connectivity index (χ1) is 12.5. The van der Waals surface area contributed by atoms with E-state index in [-0.39, 0.29) is 11.9 Å². The first-order valence-corrected chi connectivity index (χ1v) is 8.60. The van der Waals surface area contributed by atoms with Gasteiger partial charge in [0.05, 0.1) is 34.8 Å². The molecule has 0 saturated carbocycles. The summed E-state index contributed by atoms with van der Waals surface area (Å²) in [6.45, 7) is 4.43. The number of hydrogen-bond acceptors (Lipinski definition) is 6. The number of aromatic nitrogens is 5. The third kappa shape index (κ3) is 2.77. The van der Waals surface area contributed by atoms with Gasteiger partial charge in [-0.25, -0.2) is 9.97 Å². The monoisotopic (exact) mass is 352 g/mol. The predicted molar refractivity (Wildman–Crippen MR) is 93.2 cm³/mol. The minimum atomic E-state index is -0.0649. The lowest BCUT2D eigenvalue weighted by Crippen LogP contribution is -2.30. The van der Waals surface area contributed by atoms with E-state index in [2.05, 4.69) is 15.2 Å². The van der Waals surface area contributed by atoms with Crippen LogP contribution < -0.4 is 0 Å². The number of rotatable bonds is 3. The fourth-order valence-electron chi connectivity index (χ4n) is 3.50. The molecule has 8 heteroatoms. The Balaban J connectivity index is 1.66. The summed E-state index contributed by atoms with van der Waals surface area (Å²) in [5.41, 5.74) is 3.01. The van der Waals surface area contributed by atoms with Gasteiger partial charge in [0.15, 0.2) is 5.82 Å². The molecular weight excluding hydrogens is 332 g/mol. The van der Waals surface area contributed by atoms with Crippen LogP contribution in [0.2, 0.25) is 0 Å². The van der Waals surface area contributed by atoms with Crippen molar-refractivity contribution in [2.45, 2.75) is 32.7 Å². The smallest absolute Gasteiger partial charge is 0.257 e. The maximum atomic E-state index is 12.9. The van der Waals surface area contributed by atoms with Gasteiger partial charge in [-0.1, -0.05) is 5.16 Å². The zero-order valence-corrected chi connectivity index (χ0v) is 15.0. The second-order valence-electron chi connectivity index (χ2n) is 6.56. The molecule has 1 saturated heterocycles. The predicted octanol–water partition coefficient (Wildman–Crippen LogP) is 2.46. The van der Waals surface area contributed by atoms with Crippen LogP contribution in [0.1, 0.15) is 46.4 Å². The maximum Gasteiger partial charge on any atom is 0.257 e. The van der Waals surface area contributed by atoms with Crippen LogP contribution in [0.4, 0.5) is 0 Å². The summed E-state index contributed by atoms with van der Waals surface area (Å²) in [6, 6.07) is 1.81. The molecule has 8 nitrogen and oxygen atoms in total. The van der Waals surface area contributed by atoms with Crippen LogP contribution in [-0.4, -0.2) is 42.3 Å². The van der Waals surface area contributed by atoms with Crippen LogP contribution >= 0.6 is 0 Å². The first kappa shape index (κ1) is 16.4. The maximum absolute atomic E-state index is 12.9. The van der Waals surface area contributed by atoms with Gasteiger partial charge in [0.1, 0.15) is 5.76 Å². The van der Waals surface area contributed by atoms with Crippen molar-refractivity contribution in [2.24, 2.45) is 7.05 Å². The van der Waals surface area contributed by atoms with E-state index in [0.717, 1.165) is 29.8 Å². The molecule has 0 spiro atoms. The van der Waals surface area contributed by atoms with Crippen LogP contribution in [0.15, 0.2) is 29.2 Å². The highest BCUT2D eigenvalue weighted by molar-refractivity contribution is 5.94. The summed E-state index contributed by atoms with van der Waals surface area (Å²) in [4.78, 5) is 23.8. The lowest BCUT2D eigenvalue weighted by Gasteiger charge is -2.24. The molecule has 0 N–H and O–H groups in total. The van der Waals surface area contributed by atoms with Crippen molar-refractivity contribution < 1.29 is 9.32 Å². The Morgan fingerprint density at radius 2 is 2.19 bits per heavy atom. The van der Waals surface area contributed by atoms with Crippen molar-refractivity contribution in [1.82, 2.24) is 29.8 Å². The Morgan fingerprint density at radius 1 is 1.35 bits per heavy atom. The quantitative estimate of drug-likeness (QED) is 0.719. The molecule has 1 aliphatic rings. The lowest BCUT2D eigenvalue weighted by atomic mass is 10.1. The Morgan fingerprint density at radius 3 is 2.88 bits per heavy atom. The van der Waals surface area contributed by atoms with E-state index in [1.807, 2.05) is 24.8 Å². The van der Waals surface area contributed by atoms with Gasteiger partial charge >= 0.3 is 0 Å². The number of carbonyl (C=O) groups excluding carboxylic acids is 1. The van der Waals surface area contributed by atoms with E-state index in [9.17, 15) is 4.79 Å². The molecule has 0 radical (unpaired) electrons. The highest BCUT2D eigenvalue weighted by Crippen LogP contribution is 2.33. The molecule has 0 aromatic carbocycles. The number of aryl methyl sites for hydroxylation is 3. The van der Waals surface area contributed by atoms with Crippen LogP contribution in [-0.2, 0) is 7.05 Å². The Labute approximate surface area is 150 Å². The summed E-state index contributed by atoms with van der Waals surface area (Å²) in [7, 11) is 1.80. The van der Waals surface area contributed by atoms with Crippen molar-refractivity contribution in [3.8, 4) is 11.4 Å². The Bertz CT molecular complexity index is 941. The average molecular weight is 352 g/mol. The van der Waals surface area contributed by atoms with E-state index in [1.165, 1.54) is 0 Å². The van der Waals surface area contributed by atoms with Crippen LogP contribution in [0.5, 0.6) is 0 Å². The normalized spacial score (nSPS) is 17.0. The SMILES string of the molecule is Cc1noc(C)c1-c1nccc([C@H]2CCCN2C(=O)c2cnn(C)c2)n1.